The predicted molar refractivity (Wildman–Crippen MR) is 67.0 cm³/mol. The number of hydrogen-bond acceptors (Lipinski definition) is 3. The molecule has 3 rings (SSSR count). The Kier molecular flexibility index (Phi) is 2.89. The predicted octanol–water partition coefficient (Wildman–Crippen LogP) is 1.13. The van der Waals surface area contributed by atoms with Crippen LogP contribution in [-0.2, 0) is 9.59 Å². The number of fused-ring (bicyclic) bond motifs is 3. The summed E-state index contributed by atoms with van der Waals surface area (Å²) < 4.78 is 0. The van der Waals surface area contributed by atoms with Gasteiger partial charge in [0.2, 0.25) is 5.91 Å². The van der Waals surface area contributed by atoms with Crippen LogP contribution in [0.3, 0.4) is 0 Å². The highest BCUT2D eigenvalue weighted by molar-refractivity contribution is 6.00. The monoisotopic (exact) mass is 265 g/mol. The minimum atomic E-state index is -0.998. The van der Waals surface area contributed by atoms with Gasteiger partial charge < -0.3 is 15.1 Å². The van der Waals surface area contributed by atoms with Gasteiger partial charge in [-0.1, -0.05) is 12.8 Å². The van der Waals surface area contributed by atoms with Crippen LogP contribution in [0.2, 0.25) is 0 Å². The van der Waals surface area contributed by atoms with Crippen LogP contribution < -0.4 is 0 Å². The van der Waals surface area contributed by atoms with Crippen molar-refractivity contribution in [3.8, 4) is 0 Å². The lowest BCUT2D eigenvalue weighted by Gasteiger charge is -2.47. The van der Waals surface area contributed by atoms with E-state index in [1.807, 2.05) is 0 Å². The molecule has 0 aromatic heterocycles. The summed E-state index contributed by atoms with van der Waals surface area (Å²) in [4.78, 5) is 25.0. The minimum absolute atomic E-state index is 0.119. The number of hydrogen-bond donors (Lipinski definition) is 2. The fraction of sp³-hybridized carbons (Fsp3) is 0.714. The Morgan fingerprint density at radius 3 is 2.74 bits per heavy atom. The number of rotatable bonds is 2. The lowest BCUT2D eigenvalue weighted by molar-refractivity contribution is -0.163. The highest BCUT2D eigenvalue weighted by Crippen LogP contribution is 2.51. The number of β-lactam (4-membered cyclic amide) rings is 1. The minimum Gasteiger partial charge on any atom is -0.477 e. The average molecular weight is 265 g/mol. The van der Waals surface area contributed by atoms with Crippen LogP contribution in [0.15, 0.2) is 11.3 Å². The molecular weight excluding hydrogens is 246 g/mol. The van der Waals surface area contributed by atoms with E-state index in [1.54, 1.807) is 6.92 Å². The van der Waals surface area contributed by atoms with E-state index in [0.717, 1.165) is 37.7 Å². The molecule has 1 saturated carbocycles. The number of carbonyl (C=O) groups excluding carboxylic acids is 1. The zero-order valence-corrected chi connectivity index (χ0v) is 11.0. The number of amides is 1. The fourth-order valence-electron chi connectivity index (χ4n) is 4.00. The van der Waals surface area contributed by atoms with Gasteiger partial charge in [-0.2, -0.15) is 0 Å². The molecule has 0 aromatic rings. The third-order valence-corrected chi connectivity index (χ3v) is 4.78. The zero-order chi connectivity index (χ0) is 13.7. The SMILES string of the molecule is C[C@@H](O)[C@H]1C(=O)N2C(C(=O)O)=C3CCCCC[C@@H]3[C@H]12. The highest BCUT2D eigenvalue weighted by Gasteiger charge is 2.60. The number of carboxylic acids is 1. The number of carboxylic acid groups (broad SMARTS) is 1. The number of aliphatic hydroxyl groups is 1. The maximum atomic E-state index is 12.1. The van der Waals surface area contributed by atoms with E-state index in [-0.39, 0.29) is 23.6 Å². The van der Waals surface area contributed by atoms with Crippen molar-refractivity contribution in [3.63, 3.8) is 0 Å². The van der Waals surface area contributed by atoms with E-state index in [4.69, 9.17) is 0 Å². The Hall–Kier alpha value is -1.36. The largest absolute Gasteiger partial charge is 0.477 e. The van der Waals surface area contributed by atoms with Gasteiger partial charge in [-0.05, 0) is 31.8 Å². The van der Waals surface area contributed by atoms with E-state index >= 15 is 0 Å². The molecule has 5 nitrogen and oxygen atoms in total. The van der Waals surface area contributed by atoms with Crippen LogP contribution in [0, 0.1) is 11.8 Å². The molecule has 4 atom stereocenters. The molecule has 1 aliphatic carbocycles. The van der Waals surface area contributed by atoms with Gasteiger partial charge in [0.1, 0.15) is 5.70 Å². The molecule has 2 N–H and O–H groups in total. The molecule has 2 aliphatic heterocycles. The molecule has 2 fully saturated rings. The normalized spacial score (nSPS) is 35.4. The van der Waals surface area contributed by atoms with Crippen LogP contribution in [0.4, 0.5) is 0 Å². The second-order valence-corrected chi connectivity index (χ2v) is 5.85. The van der Waals surface area contributed by atoms with Crippen LogP contribution in [-0.4, -0.2) is 39.1 Å². The Balaban J connectivity index is 2.01. The van der Waals surface area contributed by atoms with Crippen molar-refractivity contribution in [2.24, 2.45) is 11.8 Å². The van der Waals surface area contributed by atoms with E-state index in [2.05, 4.69) is 0 Å². The van der Waals surface area contributed by atoms with Gasteiger partial charge in [0, 0.05) is 5.92 Å². The van der Waals surface area contributed by atoms with Crippen molar-refractivity contribution in [2.45, 2.75) is 51.2 Å². The van der Waals surface area contributed by atoms with Gasteiger partial charge >= 0.3 is 5.97 Å². The quantitative estimate of drug-likeness (QED) is 0.734. The van der Waals surface area contributed by atoms with Crippen molar-refractivity contribution < 1.29 is 19.8 Å². The number of aliphatic hydroxyl groups excluding tert-OH is 1. The fourth-order valence-corrected chi connectivity index (χ4v) is 4.00. The van der Waals surface area contributed by atoms with Gasteiger partial charge in [0.05, 0.1) is 18.1 Å². The number of nitrogens with zero attached hydrogens (tertiary/aromatic N) is 1. The maximum Gasteiger partial charge on any atom is 0.352 e. The van der Waals surface area contributed by atoms with E-state index in [9.17, 15) is 19.8 Å². The highest BCUT2D eigenvalue weighted by atomic mass is 16.4. The molecule has 1 saturated heterocycles. The topological polar surface area (TPSA) is 77.8 Å². The summed E-state index contributed by atoms with van der Waals surface area (Å²) in [5.74, 6) is -1.50. The Labute approximate surface area is 111 Å². The van der Waals surface area contributed by atoms with E-state index < -0.39 is 18.0 Å². The van der Waals surface area contributed by atoms with Crippen LogP contribution in [0.25, 0.3) is 0 Å². The van der Waals surface area contributed by atoms with Gasteiger partial charge in [-0.3, -0.25) is 4.79 Å². The van der Waals surface area contributed by atoms with Crippen molar-refractivity contribution in [3.05, 3.63) is 11.3 Å². The van der Waals surface area contributed by atoms with Crippen molar-refractivity contribution in [1.82, 2.24) is 4.90 Å². The Morgan fingerprint density at radius 2 is 2.11 bits per heavy atom. The van der Waals surface area contributed by atoms with Gasteiger partial charge in [0.15, 0.2) is 0 Å². The van der Waals surface area contributed by atoms with Crippen LogP contribution >= 0.6 is 0 Å². The van der Waals surface area contributed by atoms with Crippen LogP contribution in [0.1, 0.15) is 39.0 Å². The molecule has 1 amide bonds. The molecule has 104 valence electrons. The summed E-state index contributed by atoms with van der Waals surface area (Å²) in [6, 6.07) is -0.119. The van der Waals surface area contributed by atoms with E-state index in [0.29, 0.717) is 0 Å². The standard InChI is InChI=1S/C14H19NO4/c1-7(16)10-11-8-5-3-2-4-6-9(8)12(14(18)19)15(11)13(10)17/h7-8,10-11,16H,2-6H2,1H3,(H,18,19)/t7-,8+,10-,11-/m1/s1. The first kappa shape index (κ1) is 12.7. The van der Waals surface area contributed by atoms with Crippen molar-refractivity contribution in [2.75, 3.05) is 0 Å². The summed E-state index contributed by atoms with van der Waals surface area (Å²) in [7, 11) is 0. The first-order chi connectivity index (χ1) is 9.04. The molecule has 5 heteroatoms. The summed E-state index contributed by atoms with van der Waals surface area (Å²) in [6.07, 6.45) is 4.20. The summed E-state index contributed by atoms with van der Waals surface area (Å²) in [6.45, 7) is 1.62. The molecule has 0 unspecified atom stereocenters. The molecule has 0 spiro atoms. The Morgan fingerprint density at radius 1 is 1.37 bits per heavy atom. The first-order valence-corrected chi connectivity index (χ1v) is 7.01. The number of carbonyl (C=O) groups is 2. The molecule has 3 aliphatic rings. The van der Waals surface area contributed by atoms with Crippen molar-refractivity contribution >= 4 is 11.9 Å². The van der Waals surface area contributed by atoms with Gasteiger partial charge in [-0.25, -0.2) is 4.79 Å². The third kappa shape index (κ3) is 1.64. The molecule has 2 heterocycles. The summed E-state index contributed by atoms with van der Waals surface area (Å²) >= 11 is 0. The maximum absolute atomic E-state index is 12.1. The molecule has 0 radical (unpaired) electrons. The smallest absolute Gasteiger partial charge is 0.352 e. The molecule has 0 aromatic carbocycles. The number of aliphatic carboxylic acids is 1. The lowest BCUT2D eigenvalue weighted by atomic mass is 9.75. The van der Waals surface area contributed by atoms with Gasteiger partial charge in [0.25, 0.3) is 0 Å². The zero-order valence-electron chi connectivity index (χ0n) is 11.0. The summed E-state index contributed by atoms with van der Waals surface area (Å²) in [5, 5.41) is 19.2. The first-order valence-electron chi connectivity index (χ1n) is 7.01. The third-order valence-electron chi connectivity index (χ3n) is 4.78. The Bertz CT molecular complexity index is 468. The molecular formula is C14H19NO4. The molecule has 19 heavy (non-hydrogen) atoms. The van der Waals surface area contributed by atoms with E-state index in [1.165, 1.54) is 4.90 Å². The lowest BCUT2D eigenvalue weighted by Crippen LogP contribution is -2.63. The van der Waals surface area contributed by atoms with Crippen LogP contribution in [0.5, 0.6) is 0 Å². The average Bonchev–Trinajstić information content (AvgIpc) is 2.48. The second kappa shape index (κ2) is 4.34. The van der Waals surface area contributed by atoms with Gasteiger partial charge in [-0.15, -0.1) is 0 Å². The molecule has 0 bridgehead atoms. The second-order valence-electron chi connectivity index (χ2n) is 5.85. The summed E-state index contributed by atoms with van der Waals surface area (Å²) in [5.41, 5.74) is 1.14. The van der Waals surface area contributed by atoms with Crippen molar-refractivity contribution in [1.29, 1.82) is 0 Å².